The summed E-state index contributed by atoms with van der Waals surface area (Å²) in [6.45, 7) is 8.63. The molecule has 2 aliphatic rings. The SMILES string of the molecule is CCN(CC)c1ccc(C=C2SC(=[N+]3CCCCC3)N=C2N)cc1.[Cl-]. The van der Waals surface area contributed by atoms with E-state index < -0.39 is 0 Å². The summed E-state index contributed by atoms with van der Waals surface area (Å²) in [7, 11) is 0. The minimum Gasteiger partial charge on any atom is -1.00 e. The Hall–Kier alpha value is -1.46. The molecular formula is C19H27ClN4S. The van der Waals surface area contributed by atoms with Gasteiger partial charge in [0.1, 0.15) is 0 Å². The van der Waals surface area contributed by atoms with Gasteiger partial charge in [-0.25, -0.2) is 0 Å². The van der Waals surface area contributed by atoms with Crippen LogP contribution >= 0.6 is 11.8 Å². The highest BCUT2D eigenvalue weighted by Crippen LogP contribution is 2.29. The maximum atomic E-state index is 6.15. The van der Waals surface area contributed by atoms with Crippen LogP contribution in [0.3, 0.4) is 0 Å². The van der Waals surface area contributed by atoms with Crippen LogP contribution in [-0.4, -0.2) is 41.8 Å². The summed E-state index contributed by atoms with van der Waals surface area (Å²) in [6.07, 6.45) is 5.98. The molecule has 3 rings (SSSR count). The van der Waals surface area contributed by atoms with Crippen LogP contribution in [0, 0.1) is 0 Å². The van der Waals surface area contributed by atoms with Gasteiger partial charge in [0.15, 0.2) is 0 Å². The number of piperidine rings is 1. The van der Waals surface area contributed by atoms with Crippen molar-refractivity contribution in [3.63, 3.8) is 0 Å². The molecule has 2 aliphatic heterocycles. The van der Waals surface area contributed by atoms with Gasteiger partial charge in [-0.2, -0.15) is 0 Å². The number of hydrogen-bond donors (Lipinski definition) is 1. The molecule has 2 heterocycles. The zero-order valence-electron chi connectivity index (χ0n) is 15.0. The fourth-order valence-electron chi connectivity index (χ4n) is 3.18. The molecule has 1 fully saturated rings. The molecule has 0 aliphatic carbocycles. The van der Waals surface area contributed by atoms with E-state index in [1.807, 2.05) is 0 Å². The fourth-order valence-corrected chi connectivity index (χ4v) is 4.17. The molecule has 0 unspecified atom stereocenters. The van der Waals surface area contributed by atoms with E-state index in [2.05, 4.69) is 58.7 Å². The standard InChI is InChI=1S/C19H26N4S.ClH/c1-3-22(4-2)16-10-8-15(9-11-16)14-17-18(20)21-19(24-17)23-12-6-5-7-13-23;/h8-11,14,20H,3-7,12-13H2,1-2H3;1H. The van der Waals surface area contributed by atoms with Gasteiger partial charge in [-0.15, -0.1) is 0 Å². The van der Waals surface area contributed by atoms with E-state index in [0.29, 0.717) is 5.84 Å². The number of aliphatic imine (C=N–C) groups is 1. The molecule has 0 radical (unpaired) electrons. The molecule has 0 bridgehead atoms. The molecule has 6 heteroatoms. The van der Waals surface area contributed by atoms with Crippen LogP contribution in [0.4, 0.5) is 5.69 Å². The number of benzene rings is 1. The van der Waals surface area contributed by atoms with Crippen molar-refractivity contribution in [1.82, 2.24) is 0 Å². The second kappa shape index (κ2) is 9.30. The third kappa shape index (κ3) is 4.79. The van der Waals surface area contributed by atoms with Gasteiger partial charge in [-0.05, 0) is 61.9 Å². The number of hydrogen-bond acceptors (Lipinski definition) is 3. The highest BCUT2D eigenvalue weighted by Gasteiger charge is 2.29. The predicted octanol–water partition coefficient (Wildman–Crippen LogP) is 0.534. The van der Waals surface area contributed by atoms with Gasteiger partial charge in [-0.3, -0.25) is 4.58 Å². The van der Waals surface area contributed by atoms with Crippen LogP contribution in [0.5, 0.6) is 0 Å². The van der Waals surface area contributed by atoms with Crippen LogP contribution in [-0.2, 0) is 0 Å². The van der Waals surface area contributed by atoms with Crippen LogP contribution in [0.2, 0.25) is 0 Å². The summed E-state index contributed by atoms with van der Waals surface area (Å²) in [4.78, 5) is 7.99. The fraction of sp³-hybridized carbons (Fsp3) is 0.474. The Balaban J connectivity index is 0.00000225. The maximum absolute atomic E-state index is 6.15. The molecule has 0 aromatic heterocycles. The molecule has 0 spiro atoms. The lowest BCUT2D eigenvalue weighted by Crippen LogP contribution is -3.00. The van der Waals surface area contributed by atoms with Gasteiger partial charge in [-0.1, -0.05) is 12.1 Å². The molecule has 1 aromatic rings. The lowest BCUT2D eigenvalue weighted by Gasteiger charge is -2.20. The van der Waals surface area contributed by atoms with E-state index in [1.54, 1.807) is 11.8 Å². The average molecular weight is 379 g/mol. The Bertz CT molecular complexity index is 667. The third-order valence-corrected chi connectivity index (χ3v) is 5.69. The number of halogens is 1. The monoisotopic (exact) mass is 378 g/mol. The zero-order chi connectivity index (χ0) is 16.9. The van der Waals surface area contributed by atoms with Crippen molar-refractivity contribution >= 4 is 34.5 Å². The van der Waals surface area contributed by atoms with Crippen molar-refractivity contribution in [3.05, 3.63) is 34.7 Å². The normalized spacial score (nSPS) is 19.0. The number of amidine groups is 2. The first-order valence-electron chi connectivity index (χ1n) is 8.92. The van der Waals surface area contributed by atoms with E-state index in [4.69, 9.17) is 5.73 Å². The summed E-state index contributed by atoms with van der Waals surface area (Å²) in [5.74, 6) is 0.647. The van der Waals surface area contributed by atoms with Crippen molar-refractivity contribution in [2.75, 3.05) is 31.1 Å². The molecule has 1 aromatic carbocycles. The van der Waals surface area contributed by atoms with Crippen molar-refractivity contribution in [1.29, 1.82) is 0 Å². The van der Waals surface area contributed by atoms with Crippen LogP contribution < -0.4 is 23.0 Å². The average Bonchev–Trinajstić information content (AvgIpc) is 2.99. The second-order valence-corrected chi connectivity index (χ2v) is 7.21. The highest BCUT2D eigenvalue weighted by atomic mass is 35.5. The molecule has 0 amide bonds. The molecule has 25 heavy (non-hydrogen) atoms. The molecule has 0 atom stereocenters. The second-order valence-electron chi connectivity index (χ2n) is 6.20. The van der Waals surface area contributed by atoms with Crippen molar-refractivity contribution in [2.45, 2.75) is 33.1 Å². The van der Waals surface area contributed by atoms with E-state index in [9.17, 15) is 0 Å². The Morgan fingerprint density at radius 3 is 2.36 bits per heavy atom. The molecule has 2 N–H and O–H groups in total. The first-order valence-corrected chi connectivity index (χ1v) is 9.74. The van der Waals surface area contributed by atoms with Crippen molar-refractivity contribution < 1.29 is 17.0 Å². The molecule has 136 valence electrons. The Morgan fingerprint density at radius 2 is 1.76 bits per heavy atom. The van der Waals surface area contributed by atoms with E-state index in [0.717, 1.165) is 36.3 Å². The third-order valence-electron chi connectivity index (χ3n) is 4.62. The first kappa shape index (κ1) is 19.9. The number of anilines is 1. The maximum Gasteiger partial charge on any atom is 0.362 e. The first-order chi connectivity index (χ1) is 11.7. The van der Waals surface area contributed by atoms with E-state index in [1.165, 1.54) is 30.5 Å². The largest absolute Gasteiger partial charge is 1.00 e. The predicted molar refractivity (Wildman–Crippen MR) is 106 cm³/mol. The number of thioether (sulfide) groups is 1. The van der Waals surface area contributed by atoms with Crippen molar-refractivity contribution in [3.8, 4) is 0 Å². The van der Waals surface area contributed by atoms with Crippen LogP contribution in [0.15, 0.2) is 34.2 Å². The van der Waals surface area contributed by atoms with Crippen LogP contribution in [0.1, 0.15) is 38.7 Å². The molecule has 1 saturated heterocycles. The quantitative estimate of drug-likeness (QED) is 0.777. The number of nitrogens with zero attached hydrogens (tertiary/aromatic N) is 3. The summed E-state index contributed by atoms with van der Waals surface area (Å²) >= 11 is 1.70. The van der Waals surface area contributed by atoms with Crippen molar-refractivity contribution in [2.24, 2.45) is 10.7 Å². The van der Waals surface area contributed by atoms with Crippen LogP contribution in [0.25, 0.3) is 6.08 Å². The van der Waals surface area contributed by atoms with Gasteiger partial charge < -0.3 is 23.0 Å². The summed E-state index contributed by atoms with van der Waals surface area (Å²) in [6, 6.07) is 8.68. The summed E-state index contributed by atoms with van der Waals surface area (Å²) in [5.41, 5.74) is 8.59. The number of rotatable bonds is 4. The smallest absolute Gasteiger partial charge is 0.362 e. The molecule has 0 saturated carbocycles. The Morgan fingerprint density at radius 1 is 1.12 bits per heavy atom. The highest BCUT2D eigenvalue weighted by molar-refractivity contribution is 8.18. The Kier molecular flexibility index (Phi) is 7.38. The summed E-state index contributed by atoms with van der Waals surface area (Å²) in [5, 5.41) is 1.07. The lowest BCUT2D eigenvalue weighted by molar-refractivity contribution is -0.535. The van der Waals surface area contributed by atoms with Gasteiger partial charge in [0.2, 0.25) is 0 Å². The zero-order valence-corrected chi connectivity index (χ0v) is 16.6. The van der Waals surface area contributed by atoms with Gasteiger partial charge >= 0.3 is 5.17 Å². The summed E-state index contributed by atoms with van der Waals surface area (Å²) < 4.78 is 2.37. The minimum absolute atomic E-state index is 0. The minimum atomic E-state index is 0. The Labute approximate surface area is 161 Å². The van der Waals surface area contributed by atoms with E-state index >= 15 is 0 Å². The lowest BCUT2D eigenvalue weighted by atomic mass is 10.1. The number of nitrogens with two attached hydrogens (primary N) is 1. The van der Waals surface area contributed by atoms with Gasteiger partial charge in [0.25, 0.3) is 5.84 Å². The molecule has 4 nitrogen and oxygen atoms in total. The van der Waals surface area contributed by atoms with Gasteiger partial charge in [0.05, 0.1) is 18.0 Å². The molecular weight excluding hydrogens is 352 g/mol. The van der Waals surface area contributed by atoms with Gasteiger partial charge in [0, 0.05) is 30.5 Å². The van der Waals surface area contributed by atoms with E-state index in [-0.39, 0.29) is 12.4 Å². The topological polar surface area (TPSA) is 44.6 Å².